The Labute approximate surface area is 77.7 Å². The van der Waals surface area contributed by atoms with E-state index in [1.807, 2.05) is 25.1 Å². The molecule has 0 fully saturated rings. The lowest BCUT2D eigenvalue weighted by Gasteiger charge is -2.05. The molecule has 13 heavy (non-hydrogen) atoms. The highest BCUT2D eigenvalue weighted by Crippen LogP contribution is 2.18. The summed E-state index contributed by atoms with van der Waals surface area (Å²) in [6, 6.07) is 5.57. The minimum atomic E-state index is 0.000509. The van der Waals surface area contributed by atoms with E-state index >= 15 is 0 Å². The second-order valence-electron chi connectivity index (χ2n) is 2.86. The fourth-order valence-corrected chi connectivity index (χ4v) is 1.17. The Morgan fingerprint density at radius 1 is 1.46 bits per heavy atom. The van der Waals surface area contributed by atoms with Gasteiger partial charge in [-0.2, -0.15) is 0 Å². The maximum absolute atomic E-state index is 11.4. The molecule has 1 amide bonds. The summed E-state index contributed by atoms with van der Waals surface area (Å²) < 4.78 is 5.08. The number of hydrogen-bond donors (Lipinski definition) is 1. The monoisotopic (exact) mass is 180 g/mol. The van der Waals surface area contributed by atoms with Crippen LogP contribution < -0.4 is 10.1 Å². The van der Waals surface area contributed by atoms with E-state index in [9.17, 15) is 4.79 Å². The van der Waals surface area contributed by atoms with Gasteiger partial charge >= 0.3 is 5.91 Å². The van der Waals surface area contributed by atoms with Gasteiger partial charge in [0.15, 0.2) is 0 Å². The van der Waals surface area contributed by atoms with E-state index in [1.54, 1.807) is 14.2 Å². The molecule has 1 aromatic carbocycles. The van der Waals surface area contributed by atoms with Gasteiger partial charge in [-0.1, -0.05) is 6.07 Å². The average molecular weight is 180 g/mol. The van der Waals surface area contributed by atoms with Crippen LogP contribution in [0.4, 0.5) is 0 Å². The predicted molar refractivity (Wildman–Crippen MR) is 49.9 cm³/mol. The van der Waals surface area contributed by atoms with Crippen molar-refractivity contribution in [1.29, 1.82) is 0 Å². The molecule has 2 N–H and O–H groups in total. The number of carbonyl (C=O) groups is 1. The zero-order chi connectivity index (χ0) is 9.84. The van der Waals surface area contributed by atoms with Crippen molar-refractivity contribution in [2.75, 3.05) is 14.2 Å². The fraction of sp³-hybridized carbons (Fsp3) is 0.300. The fourth-order valence-electron chi connectivity index (χ4n) is 1.17. The number of aryl methyl sites for hydroxylation is 1. The van der Waals surface area contributed by atoms with Crippen LogP contribution in [0.25, 0.3) is 0 Å². The first-order valence-electron chi connectivity index (χ1n) is 4.17. The summed E-state index contributed by atoms with van der Waals surface area (Å²) in [5, 5.41) is 1.54. The van der Waals surface area contributed by atoms with Crippen molar-refractivity contribution in [3.8, 4) is 5.75 Å². The Bertz CT molecular complexity index is 321. The number of amides is 1. The van der Waals surface area contributed by atoms with Crippen molar-refractivity contribution in [1.82, 2.24) is 0 Å². The molecule has 1 aromatic rings. The number of rotatable bonds is 2. The largest absolute Gasteiger partial charge is 0.496 e. The summed E-state index contributed by atoms with van der Waals surface area (Å²) in [4.78, 5) is 11.4. The number of primary amides is 1. The summed E-state index contributed by atoms with van der Waals surface area (Å²) >= 11 is 0. The van der Waals surface area contributed by atoms with E-state index in [0.29, 0.717) is 11.3 Å². The minimum absolute atomic E-state index is 0.000509. The van der Waals surface area contributed by atoms with Gasteiger partial charge in [0.2, 0.25) is 0 Å². The SMILES string of the molecule is C[NH2+]C(=O)c1cc(C)ccc1OC. The molecular weight excluding hydrogens is 166 g/mol. The van der Waals surface area contributed by atoms with Crippen molar-refractivity contribution >= 4 is 5.91 Å². The van der Waals surface area contributed by atoms with E-state index in [4.69, 9.17) is 4.74 Å². The molecule has 0 heterocycles. The number of hydrogen-bond acceptors (Lipinski definition) is 2. The molecule has 0 radical (unpaired) electrons. The van der Waals surface area contributed by atoms with Crippen molar-refractivity contribution in [2.24, 2.45) is 0 Å². The third-order valence-electron chi connectivity index (χ3n) is 1.88. The topological polar surface area (TPSA) is 42.9 Å². The van der Waals surface area contributed by atoms with Crippen LogP contribution in [0.2, 0.25) is 0 Å². The molecule has 3 nitrogen and oxygen atoms in total. The van der Waals surface area contributed by atoms with Crippen molar-refractivity contribution in [3.63, 3.8) is 0 Å². The molecule has 0 saturated heterocycles. The van der Waals surface area contributed by atoms with Gasteiger partial charge in [0.1, 0.15) is 11.3 Å². The molecule has 1 rings (SSSR count). The molecule has 0 unspecified atom stereocenters. The number of ether oxygens (including phenoxy) is 1. The van der Waals surface area contributed by atoms with E-state index in [-0.39, 0.29) is 5.91 Å². The zero-order valence-corrected chi connectivity index (χ0v) is 8.13. The first kappa shape index (κ1) is 9.74. The van der Waals surface area contributed by atoms with Crippen LogP contribution in [-0.2, 0) is 0 Å². The normalized spacial score (nSPS) is 9.77. The van der Waals surface area contributed by atoms with Crippen LogP contribution in [0.3, 0.4) is 0 Å². The third kappa shape index (κ3) is 2.06. The van der Waals surface area contributed by atoms with Gasteiger partial charge in [0.05, 0.1) is 14.2 Å². The van der Waals surface area contributed by atoms with Crippen LogP contribution in [0.5, 0.6) is 5.75 Å². The highest BCUT2D eigenvalue weighted by atomic mass is 16.5. The van der Waals surface area contributed by atoms with E-state index < -0.39 is 0 Å². The standard InChI is InChI=1S/C10H13NO2/c1-7-4-5-9(13-3)8(6-7)10(12)11-2/h4-6H,1-3H3,(H,11,12)/p+1. The Hall–Kier alpha value is -1.35. The van der Waals surface area contributed by atoms with E-state index in [1.165, 1.54) is 5.32 Å². The molecule has 0 spiro atoms. The molecule has 0 atom stereocenters. The van der Waals surface area contributed by atoms with Gasteiger partial charge < -0.3 is 4.74 Å². The van der Waals surface area contributed by atoms with Gasteiger partial charge in [-0.3, -0.25) is 5.32 Å². The van der Waals surface area contributed by atoms with Crippen molar-refractivity contribution in [3.05, 3.63) is 29.3 Å². The smallest absolute Gasteiger partial charge is 0.346 e. The second-order valence-corrected chi connectivity index (χ2v) is 2.86. The molecule has 0 saturated carbocycles. The lowest BCUT2D eigenvalue weighted by Crippen LogP contribution is -2.83. The van der Waals surface area contributed by atoms with E-state index in [2.05, 4.69) is 0 Å². The molecule has 0 aliphatic heterocycles. The van der Waals surface area contributed by atoms with Crippen LogP contribution in [-0.4, -0.2) is 20.1 Å². The average Bonchev–Trinajstić information content (AvgIpc) is 2.16. The summed E-state index contributed by atoms with van der Waals surface area (Å²) in [6.07, 6.45) is 0. The number of carbonyl (C=O) groups excluding carboxylic acids is 1. The lowest BCUT2D eigenvalue weighted by atomic mass is 10.1. The van der Waals surface area contributed by atoms with Gasteiger partial charge in [0.25, 0.3) is 0 Å². The number of benzene rings is 1. The molecule has 0 aliphatic rings. The summed E-state index contributed by atoms with van der Waals surface area (Å²) in [5.74, 6) is 0.634. The van der Waals surface area contributed by atoms with Gasteiger partial charge in [0, 0.05) is 0 Å². The maximum Gasteiger partial charge on any atom is 0.346 e. The Morgan fingerprint density at radius 3 is 2.69 bits per heavy atom. The lowest BCUT2D eigenvalue weighted by molar-refractivity contribution is -0.523. The van der Waals surface area contributed by atoms with Gasteiger partial charge in [-0.15, -0.1) is 0 Å². The quantitative estimate of drug-likeness (QED) is 0.713. The van der Waals surface area contributed by atoms with E-state index in [0.717, 1.165) is 5.56 Å². The number of methoxy groups -OCH3 is 1. The van der Waals surface area contributed by atoms with Crippen molar-refractivity contribution in [2.45, 2.75) is 6.92 Å². The second kappa shape index (κ2) is 4.05. The van der Waals surface area contributed by atoms with Crippen LogP contribution >= 0.6 is 0 Å². The Balaban J connectivity index is 3.15. The molecular formula is C10H14NO2+. The summed E-state index contributed by atoms with van der Waals surface area (Å²) in [6.45, 7) is 1.95. The summed E-state index contributed by atoms with van der Waals surface area (Å²) in [5.41, 5.74) is 1.69. The highest BCUT2D eigenvalue weighted by Gasteiger charge is 2.13. The minimum Gasteiger partial charge on any atom is -0.496 e. The predicted octanol–water partition coefficient (Wildman–Crippen LogP) is 0.337. The van der Waals surface area contributed by atoms with Crippen LogP contribution in [0.15, 0.2) is 18.2 Å². The molecule has 0 bridgehead atoms. The van der Waals surface area contributed by atoms with Crippen LogP contribution in [0.1, 0.15) is 15.9 Å². The summed E-state index contributed by atoms with van der Waals surface area (Å²) in [7, 11) is 3.29. The molecule has 70 valence electrons. The number of nitrogens with two attached hydrogens (primary N) is 1. The molecule has 0 aromatic heterocycles. The maximum atomic E-state index is 11.4. The molecule has 0 aliphatic carbocycles. The Morgan fingerprint density at radius 2 is 2.15 bits per heavy atom. The van der Waals surface area contributed by atoms with Crippen molar-refractivity contribution < 1.29 is 14.8 Å². The highest BCUT2D eigenvalue weighted by molar-refractivity contribution is 5.90. The van der Waals surface area contributed by atoms with Gasteiger partial charge in [-0.05, 0) is 24.6 Å². The Kier molecular flexibility index (Phi) is 3.03. The van der Waals surface area contributed by atoms with Gasteiger partial charge in [-0.25, -0.2) is 4.79 Å². The third-order valence-corrected chi connectivity index (χ3v) is 1.88. The first-order chi connectivity index (χ1) is 6.19. The first-order valence-corrected chi connectivity index (χ1v) is 4.17. The number of quaternary nitrogens is 1. The zero-order valence-electron chi connectivity index (χ0n) is 8.13. The van der Waals surface area contributed by atoms with Crippen LogP contribution in [0, 0.1) is 6.92 Å². The molecule has 3 heteroatoms.